The lowest BCUT2D eigenvalue weighted by atomic mass is 10.2. The molecule has 1 aromatic carbocycles. The van der Waals surface area contributed by atoms with Crippen molar-refractivity contribution < 1.29 is 5.11 Å². The van der Waals surface area contributed by atoms with Gasteiger partial charge < -0.3 is 9.67 Å². The highest BCUT2D eigenvalue weighted by molar-refractivity contribution is 7.09. The molecule has 1 N–H and O–H groups in total. The van der Waals surface area contributed by atoms with E-state index in [1.54, 1.807) is 17.7 Å². The molecule has 0 saturated carbocycles. The van der Waals surface area contributed by atoms with Gasteiger partial charge >= 0.3 is 0 Å². The topological polar surface area (TPSA) is 50.9 Å². The number of aromatic nitrogens is 3. The van der Waals surface area contributed by atoms with Gasteiger partial charge in [-0.3, -0.25) is 0 Å². The van der Waals surface area contributed by atoms with E-state index in [-0.39, 0.29) is 0 Å². The first kappa shape index (κ1) is 13.0. The number of nitrogens with zero attached hydrogens (tertiary/aromatic N) is 3. The minimum Gasteiger partial charge on any atom is -0.386 e. The second kappa shape index (κ2) is 5.56. The second-order valence-electron chi connectivity index (χ2n) is 4.68. The summed E-state index contributed by atoms with van der Waals surface area (Å²) < 4.78 is 1.83. The van der Waals surface area contributed by atoms with Crippen molar-refractivity contribution in [2.75, 3.05) is 0 Å². The molecule has 20 heavy (non-hydrogen) atoms. The minimum atomic E-state index is -0.606. The normalized spacial score (nSPS) is 12.5. The third kappa shape index (κ3) is 2.79. The average molecular weight is 285 g/mol. The van der Waals surface area contributed by atoms with Crippen LogP contribution in [0, 0.1) is 0 Å². The van der Waals surface area contributed by atoms with E-state index in [0.29, 0.717) is 12.1 Å². The number of imidazole rings is 1. The molecule has 4 nitrogen and oxygen atoms in total. The number of hydrogen-bond donors (Lipinski definition) is 1. The molecule has 0 bridgehead atoms. The maximum Gasteiger partial charge on any atom is 0.104 e. The van der Waals surface area contributed by atoms with Crippen molar-refractivity contribution in [3.05, 3.63) is 58.9 Å². The van der Waals surface area contributed by atoms with Gasteiger partial charge in [-0.25, -0.2) is 9.97 Å². The molecule has 3 aromatic rings. The number of aliphatic hydroxyl groups excluding tert-OH is 1. The quantitative estimate of drug-likeness (QED) is 0.802. The Bertz CT molecular complexity index is 690. The van der Waals surface area contributed by atoms with E-state index < -0.39 is 6.10 Å². The van der Waals surface area contributed by atoms with E-state index in [0.717, 1.165) is 16.3 Å². The fourth-order valence-electron chi connectivity index (χ4n) is 2.02. The van der Waals surface area contributed by atoms with Crippen LogP contribution in [0.5, 0.6) is 0 Å². The predicted molar refractivity (Wildman–Crippen MR) is 79.4 cm³/mol. The largest absolute Gasteiger partial charge is 0.386 e. The third-order valence-electron chi connectivity index (χ3n) is 3.06. The highest BCUT2D eigenvalue weighted by atomic mass is 32.1. The summed E-state index contributed by atoms with van der Waals surface area (Å²) in [6, 6.07) is 10.1. The van der Waals surface area contributed by atoms with Crippen LogP contribution in [0.4, 0.5) is 0 Å². The van der Waals surface area contributed by atoms with Crippen molar-refractivity contribution in [1.82, 2.24) is 14.5 Å². The molecule has 0 spiro atoms. The van der Waals surface area contributed by atoms with Crippen LogP contribution in [-0.4, -0.2) is 19.6 Å². The zero-order chi connectivity index (χ0) is 13.9. The first-order valence-electron chi connectivity index (χ1n) is 6.38. The Labute approximate surface area is 121 Å². The zero-order valence-electron chi connectivity index (χ0n) is 11.1. The van der Waals surface area contributed by atoms with E-state index in [4.69, 9.17) is 0 Å². The second-order valence-corrected chi connectivity index (χ2v) is 5.62. The Balaban J connectivity index is 1.74. The van der Waals surface area contributed by atoms with Crippen molar-refractivity contribution in [3.63, 3.8) is 0 Å². The van der Waals surface area contributed by atoms with E-state index in [2.05, 4.69) is 9.97 Å². The first-order chi connectivity index (χ1) is 9.72. The molecule has 2 aromatic heterocycles. The Hall–Kier alpha value is -1.98. The lowest BCUT2D eigenvalue weighted by Crippen LogP contribution is -2.02. The highest BCUT2D eigenvalue weighted by Gasteiger charge is 2.14. The summed E-state index contributed by atoms with van der Waals surface area (Å²) in [6.07, 6.45) is 3.41. The fraction of sp³-hybridized carbons (Fsp3) is 0.200. The molecule has 0 aliphatic carbocycles. The van der Waals surface area contributed by atoms with Crippen LogP contribution in [0.2, 0.25) is 0 Å². The molecular formula is C15H15N3OS. The summed E-state index contributed by atoms with van der Waals surface area (Å²) in [7, 11) is 1.89. The molecule has 0 radical (unpaired) electrons. The van der Waals surface area contributed by atoms with Crippen molar-refractivity contribution in [2.45, 2.75) is 12.5 Å². The maximum absolute atomic E-state index is 10.2. The van der Waals surface area contributed by atoms with Crippen LogP contribution in [-0.2, 0) is 13.5 Å². The fourth-order valence-corrected chi connectivity index (χ4v) is 2.86. The molecule has 0 saturated heterocycles. The lowest BCUT2D eigenvalue weighted by molar-refractivity contribution is 0.174. The number of thiazole rings is 1. The van der Waals surface area contributed by atoms with Crippen LogP contribution in [0.1, 0.15) is 16.8 Å². The van der Waals surface area contributed by atoms with Crippen LogP contribution in [0.25, 0.3) is 11.3 Å². The van der Waals surface area contributed by atoms with Gasteiger partial charge in [-0.05, 0) is 0 Å². The molecule has 0 aliphatic rings. The molecule has 0 aliphatic heterocycles. The molecule has 2 heterocycles. The molecule has 5 heteroatoms. The van der Waals surface area contributed by atoms with E-state index in [1.807, 2.05) is 53.5 Å². The Kier molecular flexibility index (Phi) is 3.62. The first-order valence-corrected chi connectivity index (χ1v) is 7.26. The standard InChI is InChI=1S/C15H15N3OS/c1-18-8-12(16-10-18)14(19)7-15-17-13(9-20-15)11-5-3-2-4-6-11/h2-6,8-10,14,19H,7H2,1H3. The molecular weight excluding hydrogens is 270 g/mol. The van der Waals surface area contributed by atoms with Gasteiger partial charge in [-0.1, -0.05) is 30.3 Å². The SMILES string of the molecule is Cn1cnc(C(O)Cc2nc(-c3ccccc3)cs2)c1. The summed E-state index contributed by atoms with van der Waals surface area (Å²) in [5.41, 5.74) is 2.74. The predicted octanol–water partition coefficient (Wildman–Crippen LogP) is 2.82. The molecule has 1 atom stereocenters. The highest BCUT2D eigenvalue weighted by Crippen LogP contribution is 2.24. The van der Waals surface area contributed by atoms with Crippen LogP contribution < -0.4 is 0 Å². The maximum atomic E-state index is 10.2. The van der Waals surface area contributed by atoms with E-state index >= 15 is 0 Å². The Morgan fingerprint density at radius 2 is 2.10 bits per heavy atom. The lowest BCUT2D eigenvalue weighted by Gasteiger charge is -2.04. The number of aryl methyl sites for hydroxylation is 1. The zero-order valence-corrected chi connectivity index (χ0v) is 11.9. The molecule has 1 unspecified atom stereocenters. The smallest absolute Gasteiger partial charge is 0.104 e. The van der Waals surface area contributed by atoms with Gasteiger partial charge in [-0.15, -0.1) is 11.3 Å². The van der Waals surface area contributed by atoms with Crippen molar-refractivity contribution in [2.24, 2.45) is 7.05 Å². The minimum absolute atomic E-state index is 0.495. The van der Waals surface area contributed by atoms with Crippen LogP contribution >= 0.6 is 11.3 Å². The monoisotopic (exact) mass is 285 g/mol. The summed E-state index contributed by atoms with van der Waals surface area (Å²) in [4.78, 5) is 8.74. The van der Waals surface area contributed by atoms with Gasteiger partial charge in [0.2, 0.25) is 0 Å². The molecule has 0 fully saturated rings. The average Bonchev–Trinajstić information content (AvgIpc) is 3.09. The number of rotatable bonds is 4. The summed E-state index contributed by atoms with van der Waals surface area (Å²) >= 11 is 1.57. The summed E-state index contributed by atoms with van der Waals surface area (Å²) in [6.45, 7) is 0. The van der Waals surface area contributed by atoms with E-state index in [9.17, 15) is 5.11 Å². The Morgan fingerprint density at radius 1 is 1.30 bits per heavy atom. The van der Waals surface area contributed by atoms with Gasteiger partial charge in [-0.2, -0.15) is 0 Å². The van der Waals surface area contributed by atoms with Crippen LogP contribution in [0.3, 0.4) is 0 Å². The molecule has 0 amide bonds. The summed E-state index contributed by atoms with van der Waals surface area (Å²) in [5, 5.41) is 13.1. The van der Waals surface area contributed by atoms with Crippen molar-refractivity contribution in [1.29, 1.82) is 0 Å². The number of aliphatic hydroxyl groups is 1. The van der Waals surface area contributed by atoms with Crippen molar-refractivity contribution >= 4 is 11.3 Å². The van der Waals surface area contributed by atoms with Gasteiger partial charge in [0.25, 0.3) is 0 Å². The molecule has 102 valence electrons. The van der Waals surface area contributed by atoms with Crippen molar-refractivity contribution in [3.8, 4) is 11.3 Å². The van der Waals surface area contributed by atoms with Gasteiger partial charge in [0.15, 0.2) is 0 Å². The van der Waals surface area contributed by atoms with Gasteiger partial charge in [0, 0.05) is 30.6 Å². The summed E-state index contributed by atoms with van der Waals surface area (Å²) in [5.74, 6) is 0. The van der Waals surface area contributed by atoms with Gasteiger partial charge in [0.05, 0.1) is 22.7 Å². The Morgan fingerprint density at radius 3 is 2.80 bits per heavy atom. The number of hydrogen-bond acceptors (Lipinski definition) is 4. The number of benzene rings is 1. The van der Waals surface area contributed by atoms with Gasteiger partial charge in [0.1, 0.15) is 6.10 Å². The van der Waals surface area contributed by atoms with E-state index in [1.165, 1.54) is 0 Å². The molecule has 3 rings (SSSR count). The third-order valence-corrected chi connectivity index (χ3v) is 3.93. The van der Waals surface area contributed by atoms with Crippen LogP contribution in [0.15, 0.2) is 48.2 Å².